The largest absolute Gasteiger partial charge is 0.497 e. The average molecular weight is 441 g/mol. The minimum Gasteiger partial charge on any atom is -0.497 e. The molecule has 0 spiro atoms. The molecule has 31 heavy (non-hydrogen) atoms. The van der Waals surface area contributed by atoms with Crippen molar-refractivity contribution in [2.45, 2.75) is 25.2 Å². The highest BCUT2D eigenvalue weighted by molar-refractivity contribution is 6.30. The van der Waals surface area contributed by atoms with Gasteiger partial charge in [-0.05, 0) is 49.6 Å². The Hall–Kier alpha value is -2.90. The molecule has 0 unspecified atom stereocenters. The van der Waals surface area contributed by atoms with Crippen LogP contribution in [0.2, 0.25) is 5.02 Å². The van der Waals surface area contributed by atoms with Crippen molar-refractivity contribution in [3.05, 3.63) is 70.5 Å². The molecule has 1 aromatic heterocycles. The molecular weight excluding hydrogens is 416 g/mol. The number of aromatic nitrogens is 3. The topological polar surface area (TPSA) is 78.3 Å². The van der Waals surface area contributed by atoms with Gasteiger partial charge in [0.05, 0.1) is 18.5 Å². The third-order valence-electron chi connectivity index (χ3n) is 5.90. The number of nitrogens with zero attached hydrogens (tertiary/aromatic N) is 3. The number of hydrogen-bond donors (Lipinski definition) is 1. The number of halogens is 1. The Morgan fingerprint density at radius 1 is 1.23 bits per heavy atom. The highest BCUT2D eigenvalue weighted by Crippen LogP contribution is 2.35. The fourth-order valence-electron chi connectivity index (χ4n) is 3.99. The Morgan fingerprint density at radius 3 is 2.68 bits per heavy atom. The van der Waals surface area contributed by atoms with Crippen LogP contribution in [0.4, 0.5) is 0 Å². The van der Waals surface area contributed by atoms with Gasteiger partial charge < -0.3 is 14.8 Å². The average Bonchev–Trinajstić information content (AvgIpc) is 3.20. The first-order valence-corrected chi connectivity index (χ1v) is 10.6. The number of benzene rings is 2. The number of rotatable bonds is 6. The second-order valence-corrected chi connectivity index (χ2v) is 8.16. The minimum absolute atomic E-state index is 0.199. The van der Waals surface area contributed by atoms with Crippen LogP contribution in [0.3, 0.4) is 0 Å². The second kappa shape index (κ2) is 9.08. The lowest BCUT2D eigenvalue weighted by atomic mass is 9.74. The summed E-state index contributed by atoms with van der Waals surface area (Å²) in [4.78, 5) is 13.0. The van der Waals surface area contributed by atoms with Gasteiger partial charge in [-0.15, -0.1) is 5.10 Å². The quantitative estimate of drug-likeness (QED) is 0.632. The minimum atomic E-state index is -0.244. The zero-order chi connectivity index (χ0) is 21.8. The summed E-state index contributed by atoms with van der Waals surface area (Å²) in [6, 6.07) is 15.3. The van der Waals surface area contributed by atoms with Crippen LogP contribution in [-0.4, -0.2) is 47.8 Å². The van der Waals surface area contributed by atoms with Crippen molar-refractivity contribution in [3.8, 4) is 11.4 Å². The molecule has 1 saturated heterocycles. The predicted octanol–water partition coefficient (Wildman–Crippen LogP) is 3.72. The summed E-state index contributed by atoms with van der Waals surface area (Å²) in [6.45, 7) is 3.63. The second-order valence-electron chi connectivity index (χ2n) is 7.72. The summed E-state index contributed by atoms with van der Waals surface area (Å²) in [5, 5.41) is 12.1. The van der Waals surface area contributed by atoms with Crippen molar-refractivity contribution in [3.63, 3.8) is 0 Å². The Morgan fingerprint density at radius 2 is 1.97 bits per heavy atom. The van der Waals surface area contributed by atoms with Crippen molar-refractivity contribution in [2.24, 2.45) is 0 Å². The number of amides is 1. The Balaban J connectivity index is 1.53. The van der Waals surface area contributed by atoms with Gasteiger partial charge in [0, 0.05) is 36.3 Å². The molecule has 0 atom stereocenters. The zero-order valence-corrected chi connectivity index (χ0v) is 18.4. The van der Waals surface area contributed by atoms with Gasteiger partial charge in [0.25, 0.3) is 5.91 Å². The lowest BCUT2D eigenvalue weighted by Gasteiger charge is -2.38. The van der Waals surface area contributed by atoms with E-state index < -0.39 is 0 Å². The van der Waals surface area contributed by atoms with Crippen molar-refractivity contribution in [1.29, 1.82) is 0 Å². The van der Waals surface area contributed by atoms with Crippen LogP contribution in [0, 0.1) is 6.92 Å². The Bertz CT molecular complexity index is 1060. The van der Waals surface area contributed by atoms with Crippen LogP contribution >= 0.6 is 11.6 Å². The lowest BCUT2D eigenvalue weighted by molar-refractivity contribution is 0.0486. The zero-order valence-electron chi connectivity index (χ0n) is 17.6. The molecule has 4 rings (SSSR count). The van der Waals surface area contributed by atoms with E-state index in [1.807, 2.05) is 55.5 Å². The van der Waals surface area contributed by atoms with Gasteiger partial charge in [0.15, 0.2) is 5.69 Å². The van der Waals surface area contributed by atoms with Crippen LogP contribution in [-0.2, 0) is 10.2 Å². The molecule has 0 aliphatic carbocycles. The maximum Gasteiger partial charge on any atom is 0.273 e. The van der Waals surface area contributed by atoms with Gasteiger partial charge in [-0.25, -0.2) is 4.68 Å². The number of carbonyl (C=O) groups excluding carboxylic acids is 1. The molecule has 1 amide bonds. The molecule has 7 nitrogen and oxygen atoms in total. The third-order valence-corrected chi connectivity index (χ3v) is 6.15. The van der Waals surface area contributed by atoms with E-state index in [0.29, 0.717) is 41.9 Å². The van der Waals surface area contributed by atoms with Crippen LogP contribution in [0.25, 0.3) is 5.69 Å². The van der Waals surface area contributed by atoms with E-state index in [-0.39, 0.29) is 11.3 Å². The van der Waals surface area contributed by atoms with Gasteiger partial charge in [-0.3, -0.25) is 4.79 Å². The van der Waals surface area contributed by atoms with E-state index in [0.717, 1.165) is 24.1 Å². The van der Waals surface area contributed by atoms with Gasteiger partial charge >= 0.3 is 0 Å². The van der Waals surface area contributed by atoms with Crippen LogP contribution in [0.5, 0.6) is 5.75 Å². The molecule has 1 fully saturated rings. The van der Waals surface area contributed by atoms with Crippen molar-refractivity contribution < 1.29 is 14.3 Å². The SMILES string of the molecule is COc1cccc(-n2nnc(C(=O)NCC3(c4ccc(Cl)cc4)CCOCC3)c2C)c1. The third kappa shape index (κ3) is 4.43. The molecule has 0 saturated carbocycles. The number of methoxy groups -OCH3 is 1. The van der Waals surface area contributed by atoms with E-state index in [1.54, 1.807) is 11.8 Å². The van der Waals surface area contributed by atoms with Crippen molar-refractivity contribution in [2.75, 3.05) is 26.9 Å². The van der Waals surface area contributed by atoms with Crippen LogP contribution in [0.1, 0.15) is 34.6 Å². The Labute approximate surface area is 186 Å². The first kappa shape index (κ1) is 21.3. The first-order chi connectivity index (χ1) is 15.0. The van der Waals surface area contributed by atoms with Gasteiger partial charge in [0.1, 0.15) is 5.75 Å². The first-order valence-electron chi connectivity index (χ1n) is 10.2. The fraction of sp³-hybridized carbons (Fsp3) is 0.348. The monoisotopic (exact) mass is 440 g/mol. The highest BCUT2D eigenvalue weighted by Gasteiger charge is 2.35. The smallest absolute Gasteiger partial charge is 0.273 e. The standard InChI is InChI=1S/C23H25ClN4O3/c1-16-21(26-27-28(16)19-4-3-5-20(14-19)30-2)22(29)25-15-23(10-12-31-13-11-23)17-6-8-18(24)9-7-17/h3-9,14H,10-13,15H2,1-2H3,(H,25,29). The fourth-order valence-corrected chi connectivity index (χ4v) is 4.12. The van der Waals surface area contributed by atoms with E-state index in [1.165, 1.54) is 0 Å². The molecule has 2 aromatic carbocycles. The number of nitrogens with one attached hydrogen (secondary N) is 1. The molecular formula is C23H25ClN4O3. The molecule has 1 N–H and O–H groups in total. The summed E-state index contributed by atoms with van der Waals surface area (Å²) in [7, 11) is 1.61. The Kier molecular flexibility index (Phi) is 6.25. The molecule has 2 heterocycles. The number of ether oxygens (including phenoxy) is 2. The molecule has 3 aromatic rings. The van der Waals surface area contributed by atoms with E-state index in [4.69, 9.17) is 21.1 Å². The van der Waals surface area contributed by atoms with E-state index in [2.05, 4.69) is 15.6 Å². The van der Waals surface area contributed by atoms with Crippen LogP contribution < -0.4 is 10.1 Å². The summed E-state index contributed by atoms with van der Waals surface area (Å²) >= 11 is 6.07. The highest BCUT2D eigenvalue weighted by atomic mass is 35.5. The summed E-state index contributed by atoms with van der Waals surface area (Å²) in [6.07, 6.45) is 1.65. The molecule has 0 radical (unpaired) electrons. The predicted molar refractivity (Wildman–Crippen MR) is 118 cm³/mol. The molecule has 0 bridgehead atoms. The maximum absolute atomic E-state index is 13.0. The van der Waals surface area contributed by atoms with Gasteiger partial charge in [-0.1, -0.05) is 35.0 Å². The van der Waals surface area contributed by atoms with Gasteiger partial charge in [-0.2, -0.15) is 0 Å². The molecule has 1 aliphatic heterocycles. The maximum atomic E-state index is 13.0. The number of carbonyl (C=O) groups is 1. The summed E-state index contributed by atoms with van der Waals surface area (Å²) in [5.41, 5.74) is 2.71. The van der Waals surface area contributed by atoms with E-state index >= 15 is 0 Å². The van der Waals surface area contributed by atoms with Crippen molar-refractivity contribution >= 4 is 17.5 Å². The number of hydrogen-bond acceptors (Lipinski definition) is 5. The summed E-state index contributed by atoms with van der Waals surface area (Å²) in [5.74, 6) is 0.467. The molecule has 8 heteroatoms. The van der Waals surface area contributed by atoms with Crippen LogP contribution in [0.15, 0.2) is 48.5 Å². The normalized spacial score (nSPS) is 15.5. The van der Waals surface area contributed by atoms with Crippen molar-refractivity contribution in [1.82, 2.24) is 20.3 Å². The van der Waals surface area contributed by atoms with E-state index in [9.17, 15) is 4.79 Å². The summed E-state index contributed by atoms with van der Waals surface area (Å²) < 4.78 is 12.5. The molecule has 1 aliphatic rings. The molecule has 162 valence electrons. The van der Waals surface area contributed by atoms with Gasteiger partial charge in [0.2, 0.25) is 0 Å². The lowest BCUT2D eigenvalue weighted by Crippen LogP contribution is -2.44.